The van der Waals surface area contributed by atoms with Crippen molar-refractivity contribution in [2.24, 2.45) is 0 Å². The van der Waals surface area contributed by atoms with Crippen LogP contribution in [0.1, 0.15) is 22.8 Å². The smallest absolute Gasteiger partial charge is 0.162 e. The van der Waals surface area contributed by atoms with Crippen molar-refractivity contribution >= 4 is 11.6 Å². The summed E-state index contributed by atoms with van der Waals surface area (Å²) in [6, 6.07) is 13.4. The molecule has 3 heterocycles. The van der Waals surface area contributed by atoms with Crippen LogP contribution < -0.4 is 4.74 Å². The zero-order valence-electron chi connectivity index (χ0n) is 14.9. The second-order valence-electron chi connectivity index (χ2n) is 6.47. The van der Waals surface area contributed by atoms with Gasteiger partial charge < -0.3 is 4.74 Å². The molecule has 0 saturated carbocycles. The molecule has 0 spiro atoms. The summed E-state index contributed by atoms with van der Waals surface area (Å²) in [5, 5.41) is 18.6. The Morgan fingerprint density at radius 3 is 2.90 bits per heavy atom. The van der Waals surface area contributed by atoms with Crippen molar-refractivity contribution < 1.29 is 9.13 Å². The van der Waals surface area contributed by atoms with Crippen LogP contribution in [0, 0.1) is 17.1 Å². The Kier molecular flexibility index (Phi) is 4.03. The number of fused-ring (bicyclic) bond motifs is 5. The summed E-state index contributed by atoms with van der Waals surface area (Å²) < 4.78 is 22.7. The number of hydrogen-bond donors (Lipinski definition) is 0. The molecule has 5 rings (SSSR count). The van der Waals surface area contributed by atoms with E-state index in [9.17, 15) is 9.65 Å². The molecule has 0 atom stereocenters. The molecule has 0 aliphatic carbocycles. The number of nitrogens with zero attached hydrogens (tertiary/aromatic N) is 6. The molecule has 0 radical (unpaired) electrons. The van der Waals surface area contributed by atoms with E-state index in [4.69, 9.17) is 16.3 Å². The minimum Gasteiger partial charge on any atom is -0.487 e. The quantitative estimate of drug-likeness (QED) is 0.457. The molecule has 9 heteroatoms. The van der Waals surface area contributed by atoms with Gasteiger partial charge >= 0.3 is 0 Å². The zero-order valence-corrected chi connectivity index (χ0v) is 15.6. The molecule has 0 unspecified atom stereocenters. The average molecular weight is 407 g/mol. The SMILES string of the molecule is N#Cc1ncn2c1Cc1c(COc3cccc(F)c3)nnn1-c1cc(Cl)ccc1-2. The number of aromatic nitrogens is 5. The van der Waals surface area contributed by atoms with E-state index in [-0.39, 0.29) is 12.4 Å². The van der Waals surface area contributed by atoms with Gasteiger partial charge in [-0.15, -0.1) is 5.10 Å². The van der Waals surface area contributed by atoms with Crippen LogP contribution in [-0.4, -0.2) is 24.5 Å². The van der Waals surface area contributed by atoms with Crippen LogP contribution in [0.2, 0.25) is 5.02 Å². The predicted octanol–water partition coefficient (Wildman–Crippen LogP) is 3.60. The summed E-state index contributed by atoms with van der Waals surface area (Å²) in [4.78, 5) is 4.22. The van der Waals surface area contributed by atoms with Crippen molar-refractivity contribution in [3.8, 4) is 23.2 Å². The summed E-state index contributed by atoms with van der Waals surface area (Å²) in [6.45, 7) is 0.102. The van der Waals surface area contributed by atoms with Gasteiger partial charge in [0.25, 0.3) is 0 Å². The van der Waals surface area contributed by atoms with E-state index in [0.29, 0.717) is 28.6 Å². The molecule has 0 bridgehead atoms. The molecule has 0 fully saturated rings. The Morgan fingerprint density at radius 2 is 2.07 bits per heavy atom. The van der Waals surface area contributed by atoms with E-state index in [1.165, 1.54) is 12.1 Å². The molecular weight excluding hydrogens is 395 g/mol. The average Bonchev–Trinajstić information content (AvgIpc) is 3.28. The number of hydrogen-bond acceptors (Lipinski definition) is 5. The van der Waals surface area contributed by atoms with Gasteiger partial charge in [-0.2, -0.15) is 5.26 Å². The standard InChI is InChI=1S/C20H12ClFN6O/c21-12-4-5-17-20(6-12)28-19(8-18-15(9-23)24-11-27(17)18)16(25-26-28)10-29-14-3-1-2-13(22)7-14/h1-7,11H,8,10H2. The minimum absolute atomic E-state index is 0.102. The lowest BCUT2D eigenvalue weighted by Gasteiger charge is -2.09. The van der Waals surface area contributed by atoms with Crippen LogP contribution in [0.4, 0.5) is 4.39 Å². The Hall–Kier alpha value is -3.70. The summed E-state index contributed by atoms with van der Waals surface area (Å²) in [5.41, 5.74) is 3.90. The molecule has 1 aliphatic heterocycles. The van der Waals surface area contributed by atoms with Gasteiger partial charge in [0, 0.05) is 17.5 Å². The highest BCUT2D eigenvalue weighted by Gasteiger charge is 2.26. The predicted molar refractivity (Wildman–Crippen MR) is 102 cm³/mol. The summed E-state index contributed by atoms with van der Waals surface area (Å²) in [5.74, 6) is 0.0157. The van der Waals surface area contributed by atoms with Gasteiger partial charge in [0.05, 0.1) is 22.8 Å². The van der Waals surface area contributed by atoms with Crippen molar-refractivity contribution in [2.45, 2.75) is 13.0 Å². The van der Waals surface area contributed by atoms with Crippen molar-refractivity contribution in [3.63, 3.8) is 0 Å². The monoisotopic (exact) mass is 406 g/mol. The van der Waals surface area contributed by atoms with E-state index in [0.717, 1.165) is 22.8 Å². The lowest BCUT2D eigenvalue weighted by molar-refractivity contribution is 0.298. The van der Waals surface area contributed by atoms with E-state index in [1.54, 1.807) is 35.3 Å². The number of imidazole rings is 1. The van der Waals surface area contributed by atoms with Crippen molar-refractivity contribution in [1.29, 1.82) is 5.26 Å². The second-order valence-corrected chi connectivity index (χ2v) is 6.91. The van der Waals surface area contributed by atoms with Crippen LogP contribution in [0.15, 0.2) is 48.8 Å². The fourth-order valence-corrected chi connectivity index (χ4v) is 3.56. The van der Waals surface area contributed by atoms with Gasteiger partial charge in [-0.05, 0) is 30.3 Å². The van der Waals surface area contributed by atoms with E-state index >= 15 is 0 Å². The normalized spacial score (nSPS) is 11.8. The molecule has 0 N–H and O–H groups in total. The van der Waals surface area contributed by atoms with Crippen LogP contribution in [0.3, 0.4) is 0 Å². The van der Waals surface area contributed by atoms with Crippen molar-refractivity contribution in [1.82, 2.24) is 24.5 Å². The molecule has 0 saturated heterocycles. The number of nitriles is 1. The van der Waals surface area contributed by atoms with Crippen molar-refractivity contribution in [3.05, 3.63) is 82.4 Å². The largest absolute Gasteiger partial charge is 0.487 e. The van der Waals surface area contributed by atoms with E-state index in [1.807, 2.05) is 10.6 Å². The first-order chi connectivity index (χ1) is 14.1. The summed E-state index contributed by atoms with van der Waals surface area (Å²) >= 11 is 6.22. The highest BCUT2D eigenvalue weighted by atomic mass is 35.5. The van der Waals surface area contributed by atoms with Crippen LogP contribution in [0.25, 0.3) is 11.4 Å². The molecular formula is C20H12ClFN6O. The summed E-state index contributed by atoms with van der Waals surface area (Å²) in [6.07, 6.45) is 1.99. The Labute approximate surface area is 169 Å². The maximum Gasteiger partial charge on any atom is 0.162 e. The number of halogens is 2. The first-order valence-corrected chi connectivity index (χ1v) is 9.10. The van der Waals surface area contributed by atoms with E-state index < -0.39 is 0 Å². The highest BCUT2D eigenvalue weighted by molar-refractivity contribution is 6.30. The fourth-order valence-electron chi connectivity index (χ4n) is 3.40. The Balaban J connectivity index is 1.61. The van der Waals surface area contributed by atoms with Gasteiger partial charge in [-0.25, -0.2) is 14.1 Å². The lowest BCUT2D eigenvalue weighted by Crippen LogP contribution is -2.05. The third-order valence-corrected chi connectivity index (χ3v) is 4.98. The molecule has 2 aromatic heterocycles. The van der Waals surface area contributed by atoms with Crippen molar-refractivity contribution in [2.75, 3.05) is 0 Å². The molecule has 7 nitrogen and oxygen atoms in total. The topological polar surface area (TPSA) is 81.6 Å². The maximum absolute atomic E-state index is 13.4. The van der Waals surface area contributed by atoms with Gasteiger partial charge in [0.2, 0.25) is 0 Å². The van der Waals surface area contributed by atoms with Gasteiger partial charge in [0.1, 0.15) is 36.3 Å². The zero-order chi connectivity index (χ0) is 20.0. The number of ether oxygens (including phenoxy) is 1. The van der Waals surface area contributed by atoms with Crippen LogP contribution in [0.5, 0.6) is 5.75 Å². The first kappa shape index (κ1) is 17.4. The van der Waals surface area contributed by atoms with Gasteiger partial charge in [-0.3, -0.25) is 4.57 Å². The number of rotatable bonds is 3. The molecule has 29 heavy (non-hydrogen) atoms. The van der Waals surface area contributed by atoms with Gasteiger partial charge in [-0.1, -0.05) is 22.9 Å². The highest BCUT2D eigenvalue weighted by Crippen LogP contribution is 2.31. The fraction of sp³-hybridized carbons (Fsp3) is 0.100. The third kappa shape index (κ3) is 2.92. The van der Waals surface area contributed by atoms with Gasteiger partial charge in [0.15, 0.2) is 5.69 Å². The Bertz CT molecular complexity index is 1290. The molecule has 4 aromatic rings. The third-order valence-electron chi connectivity index (χ3n) is 4.75. The number of benzene rings is 2. The molecule has 0 amide bonds. The molecule has 142 valence electrons. The lowest BCUT2D eigenvalue weighted by atomic mass is 10.1. The second kappa shape index (κ2) is 6.72. The first-order valence-electron chi connectivity index (χ1n) is 8.72. The van der Waals surface area contributed by atoms with Crippen LogP contribution >= 0.6 is 11.6 Å². The minimum atomic E-state index is -0.379. The van der Waals surface area contributed by atoms with E-state index in [2.05, 4.69) is 21.4 Å². The van der Waals surface area contributed by atoms with Crippen LogP contribution in [-0.2, 0) is 13.0 Å². The summed E-state index contributed by atoms with van der Waals surface area (Å²) in [7, 11) is 0. The molecule has 2 aromatic carbocycles. The maximum atomic E-state index is 13.4. The molecule has 1 aliphatic rings. The Morgan fingerprint density at radius 1 is 1.17 bits per heavy atom.